The lowest BCUT2D eigenvalue weighted by molar-refractivity contribution is -0.122. The third-order valence-electron chi connectivity index (χ3n) is 6.12. The number of aromatic nitrogens is 2. The second kappa shape index (κ2) is 9.35. The molecule has 2 aliphatic rings. The number of carbonyl (C=O) groups is 1. The third-order valence-corrected chi connectivity index (χ3v) is 7.49. The first-order valence-corrected chi connectivity index (χ1v) is 12.5. The predicted octanol–water partition coefficient (Wildman–Crippen LogP) is 4.49. The Hall–Kier alpha value is -2.19. The lowest BCUT2D eigenvalue weighted by atomic mass is 9.91. The first-order valence-electron chi connectivity index (χ1n) is 11.3. The van der Waals surface area contributed by atoms with E-state index in [9.17, 15) is 9.59 Å². The maximum Gasteiger partial charge on any atom is 0.267 e. The Kier molecular flexibility index (Phi) is 6.72. The molecular formula is C24H30N4O2S2. The minimum atomic E-state index is -0.154. The summed E-state index contributed by atoms with van der Waals surface area (Å²) >= 11 is 6.73. The number of anilines is 1. The molecule has 2 saturated heterocycles. The quantitative estimate of drug-likeness (QED) is 0.474. The Balaban J connectivity index is 1.85. The van der Waals surface area contributed by atoms with Crippen LogP contribution in [0.5, 0.6) is 0 Å². The number of fused-ring (bicyclic) bond motifs is 1. The van der Waals surface area contributed by atoms with E-state index in [2.05, 4.69) is 25.7 Å². The van der Waals surface area contributed by atoms with Gasteiger partial charge < -0.3 is 4.90 Å². The van der Waals surface area contributed by atoms with Crippen molar-refractivity contribution in [2.75, 3.05) is 24.5 Å². The average molecular weight is 471 g/mol. The normalized spacial score (nSPS) is 23.1. The summed E-state index contributed by atoms with van der Waals surface area (Å²) in [6.45, 7) is 10.8. The topological polar surface area (TPSA) is 57.9 Å². The summed E-state index contributed by atoms with van der Waals surface area (Å²) in [5.74, 6) is 1.57. The van der Waals surface area contributed by atoms with E-state index in [1.165, 1.54) is 11.8 Å². The van der Waals surface area contributed by atoms with Crippen molar-refractivity contribution in [1.82, 2.24) is 14.3 Å². The van der Waals surface area contributed by atoms with Gasteiger partial charge in [-0.05, 0) is 49.3 Å². The third kappa shape index (κ3) is 4.35. The van der Waals surface area contributed by atoms with Crippen molar-refractivity contribution in [1.29, 1.82) is 0 Å². The Morgan fingerprint density at radius 3 is 2.66 bits per heavy atom. The molecule has 0 saturated carbocycles. The van der Waals surface area contributed by atoms with Crippen LogP contribution in [0.4, 0.5) is 5.82 Å². The SMILES string of the molecule is CCCCN1C(=O)/C(=C/c2c(N3C[C@@H](C)C[C@H](C)C3)nc3c(C)cccn3c2=O)SC1=S. The molecule has 8 heteroatoms. The maximum atomic E-state index is 13.6. The van der Waals surface area contributed by atoms with E-state index in [-0.39, 0.29) is 11.5 Å². The molecule has 1 amide bonds. The summed E-state index contributed by atoms with van der Waals surface area (Å²) in [6, 6.07) is 3.82. The summed E-state index contributed by atoms with van der Waals surface area (Å²) in [6.07, 6.45) is 6.50. The predicted molar refractivity (Wildman–Crippen MR) is 136 cm³/mol. The van der Waals surface area contributed by atoms with Gasteiger partial charge in [0.1, 0.15) is 15.8 Å². The molecule has 0 unspecified atom stereocenters. The van der Waals surface area contributed by atoms with Crippen LogP contribution in [0.1, 0.15) is 51.2 Å². The van der Waals surface area contributed by atoms with E-state index in [4.69, 9.17) is 17.2 Å². The number of aryl methyl sites for hydroxylation is 1. The van der Waals surface area contributed by atoms with Gasteiger partial charge >= 0.3 is 0 Å². The fourth-order valence-electron chi connectivity index (χ4n) is 4.64. The van der Waals surface area contributed by atoms with Crippen LogP contribution in [0.2, 0.25) is 0 Å². The first kappa shape index (κ1) is 23.0. The van der Waals surface area contributed by atoms with E-state index in [1.54, 1.807) is 21.6 Å². The molecule has 4 heterocycles. The zero-order valence-corrected chi connectivity index (χ0v) is 20.8. The molecule has 0 bridgehead atoms. The van der Waals surface area contributed by atoms with Crippen LogP contribution in [0.25, 0.3) is 11.7 Å². The molecule has 2 aromatic rings. The number of rotatable bonds is 5. The number of nitrogens with zero attached hydrogens (tertiary/aromatic N) is 4. The molecular weight excluding hydrogens is 440 g/mol. The van der Waals surface area contributed by atoms with Crippen LogP contribution in [0, 0.1) is 18.8 Å². The molecule has 2 atom stereocenters. The number of pyridine rings is 1. The highest BCUT2D eigenvalue weighted by atomic mass is 32.2. The monoisotopic (exact) mass is 470 g/mol. The Labute approximate surface area is 198 Å². The van der Waals surface area contributed by atoms with Gasteiger partial charge in [-0.15, -0.1) is 0 Å². The van der Waals surface area contributed by atoms with Gasteiger partial charge in [0.05, 0.1) is 10.5 Å². The zero-order valence-electron chi connectivity index (χ0n) is 19.1. The molecule has 2 aromatic heterocycles. The molecule has 0 radical (unpaired) electrons. The Morgan fingerprint density at radius 1 is 1.25 bits per heavy atom. The van der Waals surface area contributed by atoms with Crippen molar-refractivity contribution in [2.24, 2.45) is 11.8 Å². The molecule has 0 aromatic carbocycles. The second-order valence-electron chi connectivity index (χ2n) is 9.08. The fraction of sp³-hybridized carbons (Fsp3) is 0.500. The number of unbranched alkanes of at least 4 members (excludes halogenated alkanes) is 1. The smallest absolute Gasteiger partial charge is 0.267 e. The average Bonchev–Trinajstić information content (AvgIpc) is 3.00. The van der Waals surface area contributed by atoms with E-state index in [1.807, 2.05) is 19.1 Å². The molecule has 6 nitrogen and oxygen atoms in total. The van der Waals surface area contributed by atoms with Crippen molar-refractivity contribution < 1.29 is 4.79 Å². The van der Waals surface area contributed by atoms with Crippen LogP contribution < -0.4 is 10.5 Å². The molecule has 0 N–H and O–H groups in total. The van der Waals surface area contributed by atoms with Crippen molar-refractivity contribution in [3.63, 3.8) is 0 Å². The van der Waals surface area contributed by atoms with Crippen LogP contribution in [-0.2, 0) is 4.79 Å². The molecule has 2 aliphatic heterocycles. The number of thiocarbonyl (C=S) groups is 1. The number of hydrogen-bond donors (Lipinski definition) is 0. The standard InChI is InChI=1S/C24H30N4O2S2/c1-5-6-9-28-23(30)19(32-24(28)31)12-18-21(26-13-15(2)11-16(3)14-26)25-20-17(4)8-7-10-27(20)22(18)29/h7-8,10,12,15-16H,5-6,9,11,13-14H2,1-4H3/b19-12-/t15-,16-/m0/s1. The molecule has 0 spiro atoms. The maximum absolute atomic E-state index is 13.6. The number of piperidine rings is 1. The van der Waals surface area contributed by atoms with Gasteiger partial charge in [0, 0.05) is 25.8 Å². The van der Waals surface area contributed by atoms with Gasteiger partial charge in [0.2, 0.25) is 0 Å². The highest BCUT2D eigenvalue weighted by Crippen LogP contribution is 2.34. The Morgan fingerprint density at radius 2 is 1.97 bits per heavy atom. The highest BCUT2D eigenvalue weighted by Gasteiger charge is 2.33. The minimum absolute atomic E-state index is 0.117. The Bertz CT molecular complexity index is 1150. The van der Waals surface area contributed by atoms with Gasteiger partial charge in [-0.25, -0.2) is 4.98 Å². The minimum Gasteiger partial charge on any atom is -0.355 e. The largest absolute Gasteiger partial charge is 0.355 e. The summed E-state index contributed by atoms with van der Waals surface area (Å²) in [7, 11) is 0. The van der Waals surface area contributed by atoms with Crippen molar-refractivity contribution in [3.8, 4) is 0 Å². The molecule has 0 aliphatic carbocycles. The van der Waals surface area contributed by atoms with Crippen LogP contribution in [-0.4, -0.2) is 44.1 Å². The van der Waals surface area contributed by atoms with Crippen molar-refractivity contribution in [3.05, 3.63) is 44.7 Å². The summed E-state index contributed by atoms with van der Waals surface area (Å²) in [5, 5.41) is 0. The van der Waals surface area contributed by atoms with Crippen LogP contribution in [0.3, 0.4) is 0 Å². The number of hydrogen-bond acceptors (Lipinski definition) is 6. The molecule has 4 rings (SSSR count). The van der Waals surface area contributed by atoms with Gasteiger partial charge in [-0.3, -0.25) is 18.9 Å². The van der Waals surface area contributed by atoms with Gasteiger partial charge in [0.15, 0.2) is 0 Å². The van der Waals surface area contributed by atoms with Crippen LogP contribution >= 0.6 is 24.0 Å². The summed E-state index contributed by atoms with van der Waals surface area (Å²) in [5.41, 5.74) is 1.91. The first-order chi connectivity index (χ1) is 15.3. The van der Waals surface area contributed by atoms with E-state index >= 15 is 0 Å². The fourth-order valence-corrected chi connectivity index (χ4v) is 5.93. The zero-order chi connectivity index (χ0) is 23.0. The van der Waals surface area contributed by atoms with Gasteiger partial charge in [-0.1, -0.05) is 57.2 Å². The molecule has 170 valence electrons. The van der Waals surface area contributed by atoms with Gasteiger partial charge in [0.25, 0.3) is 11.5 Å². The molecule has 2 fully saturated rings. The van der Waals surface area contributed by atoms with Crippen molar-refractivity contribution >= 4 is 51.7 Å². The molecule has 32 heavy (non-hydrogen) atoms. The van der Waals surface area contributed by atoms with E-state index in [0.717, 1.165) is 37.9 Å². The summed E-state index contributed by atoms with van der Waals surface area (Å²) < 4.78 is 2.14. The second-order valence-corrected chi connectivity index (χ2v) is 10.8. The number of carbonyl (C=O) groups excluding carboxylic acids is 1. The lowest BCUT2D eigenvalue weighted by Crippen LogP contribution is -2.40. The number of amides is 1. The van der Waals surface area contributed by atoms with Gasteiger partial charge in [-0.2, -0.15) is 0 Å². The van der Waals surface area contributed by atoms with E-state index in [0.29, 0.717) is 44.6 Å². The van der Waals surface area contributed by atoms with Crippen LogP contribution in [0.15, 0.2) is 28.0 Å². The summed E-state index contributed by atoms with van der Waals surface area (Å²) in [4.78, 5) is 36.0. The lowest BCUT2D eigenvalue weighted by Gasteiger charge is -2.36. The highest BCUT2D eigenvalue weighted by molar-refractivity contribution is 8.26. The number of thioether (sulfide) groups is 1. The van der Waals surface area contributed by atoms with E-state index < -0.39 is 0 Å². The van der Waals surface area contributed by atoms with Crippen molar-refractivity contribution in [2.45, 2.75) is 47.0 Å².